The third-order valence-corrected chi connectivity index (χ3v) is 7.75. The van der Waals surface area contributed by atoms with Gasteiger partial charge in [-0.2, -0.15) is 5.10 Å². The summed E-state index contributed by atoms with van der Waals surface area (Å²) in [6, 6.07) is 14.6. The fourth-order valence-corrected chi connectivity index (χ4v) is 5.33. The highest BCUT2D eigenvalue weighted by atomic mass is 35.5. The van der Waals surface area contributed by atoms with Gasteiger partial charge in [0.25, 0.3) is 5.91 Å². The Kier molecular flexibility index (Phi) is 8.33. The van der Waals surface area contributed by atoms with Gasteiger partial charge in [-0.05, 0) is 61.3 Å². The van der Waals surface area contributed by atoms with Crippen LogP contribution in [0.1, 0.15) is 79.2 Å². The van der Waals surface area contributed by atoms with Crippen molar-refractivity contribution in [3.8, 4) is 11.3 Å². The summed E-state index contributed by atoms with van der Waals surface area (Å²) < 4.78 is 2.01. The number of nitrogens with zero attached hydrogens (tertiary/aromatic N) is 2. The minimum atomic E-state index is -0.0595. The molecule has 1 atom stereocenters. The van der Waals surface area contributed by atoms with Gasteiger partial charge in [0.2, 0.25) is 0 Å². The van der Waals surface area contributed by atoms with Crippen molar-refractivity contribution in [1.29, 1.82) is 0 Å². The predicted molar refractivity (Wildman–Crippen MR) is 145 cm³/mol. The number of rotatable bonds is 10. The molecule has 0 spiro atoms. The molecule has 1 aliphatic rings. The molecule has 5 heteroatoms. The normalized spacial score (nSPS) is 13.4. The van der Waals surface area contributed by atoms with Crippen LogP contribution >= 0.6 is 11.6 Å². The van der Waals surface area contributed by atoms with Crippen LogP contribution in [0.2, 0.25) is 5.02 Å². The first kappa shape index (κ1) is 25.5. The van der Waals surface area contributed by atoms with Crippen molar-refractivity contribution < 1.29 is 4.79 Å². The topological polar surface area (TPSA) is 46.9 Å². The van der Waals surface area contributed by atoms with Crippen LogP contribution in [0.25, 0.3) is 11.3 Å². The second-order valence-corrected chi connectivity index (χ2v) is 10.6. The maximum Gasteiger partial charge on any atom is 0.272 e. The van der Waals surface area contributed by atoms with Crippen LogP contribution < -0.4 is 5.32 Å². The summed E-state index contributed by atoms with van der Waals surface area (Å²) in [5, 5.41) is 8.82. The summed E-state index contributed by atoms with van der Waals surface area (Å²) >= 11 is 6.29. The maximum absolute atomic E-state index is 13.3. The Balaban J connectivity index is 1.58. The first-order chi connectivity index (χ1) is 16.9. The number of hydrogen-bond donors (Lipinski definition) is 1. The lowest BCUT2D eigenvalue weighted by atomic mass is 9.88. The van der Waals surface area contributed by atoms with Crippen LogP contribution in [0, 0.1) is 18.8 Å². The Bertz CT molecular complexity index is 1160. The number of fused-ring (bicyclic) bond motifs is 3. The second-order valence-electron chi connectivity index (χ2n) is 10.2. The van der Waals surface area contributed by atoms with Gasteiger partial charge in [0.15, 0.2) is 5.69 Å². The molecule has 2 aromatic carbocycles. The van der Waals surface area contributed by atoms with E-state index in [9.17, 15) is 4.79 Å². The number of benzene rings is 2. The largest absolute Gasteiger partial charge is 0.350 e. The summed E-state index contributed by atoms with van der Waals surface area (Å²) in [6.07, 6.45) is 6.49. The molecule has 0 fully saturated rings. The van der Waals surface area contributed by atoms with Crippen molar-refractivity contribution in [2.75, 3.05) is 6.54 Å². The van der Waals surface area contributed by atoms with E-state index in [2.05, 4.69) is 63.3 Å². The first-order valence-corrected chi connectivity index (χ1v) is 13.5. The summed E-state index contributed by atoms with van der Waals surface area (Å²) in [6.45, 7) is 10.2. The number of carbonyl (C=O) groups is 1. The number of amides is 1. The fraction of sp³-hybridized carbons (Fsp3) is 0.467. The zero-order valence-electron chi connectivity index (χ0n) is 21.5. The average Bonchev–Trinajstić information content (AvgIpc) is 3.23. The Hall–Kier alpha value is -2.59. The van der Waals surface area contributed by atoms with E-state index in [4.69, 9.17) is 16.7 Å². The van der Waals surface area contributed by atoms with Crippen molar-refractivity contribution in [2.24, 2.45) is 11.8 Å². The van der Waals surface area contributed by atoms with Crippen molar-refractivity contribution in [3.05, 3.63) is 75.4 Å². The third kappa shape index (κ3) is 5.98. The molecular formula is C30H38ClN3O. The summed E-state index contributed by atoms with van der Waals surface area (Å²) in [5.41, 5.74) is 7.42. The van der Waals surface area contributed by atoms with Gasteiger partial charge < -0.3 is 5.32 Å². The van der Waals surface area contributed by atoms with E-state index >= 15 is 0 Å². The smallest absolute Gasteiger partial charge is 0.272 e. The quantitative estimate of drug-likeness (QED) is 0.325. The van der Waals surface area contributed by atoms with Gasteiger partial charge in [0.05, 0.1) is 12.2 Å². The Morgan fingerprint density at radius 3 is 2.54 bits per heavy atom. The van der Waals surface area contributed by atoms with Crippen molar-refractivity contribution in [3.63, 3.8) is 0 Å². The summed E-state index contributed by atoms with van der Waals surface area (Å²) in [5.74, 6) is 1.18. The van der Waals surface area contributed by atoms with Gasteiger partial charge in [-0.3, -0.25) is 9.48 Å². The molecule has 1 amide bonds. The zero-order chi connectivity index (χ0) is 24.9. The zero-order valence-corrected chi connectivity index (χ0v) is 22.3. The molecule has 1 aliphatic carbocycles. The Labute approximate surface area is 215 Å². The highest BCUT2D eigenvalue weighted by Gasteiger charge is 2.28. The highest BCUT2D eigenvalue weighted by molar-refractivity contribution is 6.30. The Morgan fingerprint density at radius 1 is 1.09 bits per heavy atom. The number of carbonyl (C=O) groups excluding carboxylic acids is 1. The number of halogens is 1. The van der Waals surface area contributed by atoms with Crippen LogP contribution in [0.15, 0.2) is 42.5 Å². The number of aryl methyl sites for hydroxylation is 2. The Morgan fingerprint density at radius 2 is 1.83 bits per heavy atom. The molecular weight excluding hydrogens is 454 g/mol. The third-order valence-electron chi connectivity index (χ3n) is 7.52. The van der Waals surface area contributed by atoms with Crippen molar-refractivity contribution in [2.45, 2.75) is 72.8 Å². The number of hydrogen-bond acceptors (Lipinski definition) is 2. The van der Waals surface area contributed by atoms with Crippen LogP contribution in [-0.4, -0.2) is 22.2 Å². The highest BCUT2D eigenvalue weighted by Crippen LogP contribution is 2.37. The molecule has 0 aliphatic heterocycles. The van der Waals surface area contributed by atoms with E-state index in [-0.39, 0.29) is 5.91 Å². The summed E-state index contributed by atoms with van der Waals surface area (Å²) in [4.78, 5) is 13.3. The van der Waals surface area contributed by atoms with Crippen LogP contribution in [0.5, 0.6) is 0 Å². The van der Waals surface area contributed by atoms with Gasteiger partial charge in [-0.15, -0.1) is 0 Å². The number of aromatic nitrogens is 2. The van der Waals surface area contributed by atoms with Gasteiger partial charge in [-0.1, -0.05) is 87.5 Å². The van der Waals surface area contributed by atoms with Crippen molar-refractivity contribution in [1.82, 2.24) is 15.1 Å². The minimum absolute atomic E-state index is 0.0595. The molecule has 0 radical (unpaired) electrons. The lowest BCUT2D eigenvalue weighted by Gasteiger charge is -2.19. The van der Waals surface area contributed by atoms with Gasteiger partial charge >= 0.3 is 0 Å². The second kappa shape index (κ2) is 11.4. The lowest BCUT2D eigenvalue weighted by molar-refractivity contribution is 0.0940. The van der Waals surface area contributed by atoms with Crippen LogP contribution in [0.3, 0.4) is 0 Å². The lowest BCUT2D eigenvalue weighted by Crippen LogP contribution is -2.29. The van der Waals surface area contributed by atoms with E-state index in [1.807, 2.05) is 16.8 Å². The van der Waals surface area contributed by atoms with Crippen LogP contribution in [-0.2, 0) is 19.4 Å². The maximum atomic E-state index is 13.3. The molecule has 3 aromatic rings. The van der Waals surface area contributed by atoms with Crippen LogP contribution in [0.4, 0.5) is 0 Å². The molecule has 35 heavy (non-hydrogen) atoms. The van der Waals surface area contributed by atoms with E-state index in [1.54, 1.807) is 0 Å². The molecule has 1 heterocycles. The average molecular weight is 492 g/mol. The predicted octanol–water partition coefficient (Wildman–Crippen LogP) is 7.24. The van der Waals surface area contributed by atoms with E-state index in [0.717, 1.165) is 47.0 Å². The molecule has 1 unspecified atom stereocenters. The SMILES string of the molecule is CCC(CC)CCC(C)CNC(=O)c1nn(Cc2ccc(C)cc2)c2c1CCc1cc(Cl)ccc1-2. The fourth-order valence-electron chi connectivity index (χ4n) is 5.13. The van der Waals surface area contributed by atoms with E-state index < -0.39 is 0 Å². The molecule has 186 valence electrons. The molecule has 4 rings (SSSR count). The number of nitrogens with one attached hydrogen (secondary N) is 1. The van der Waals surface area contributed by atoms with E-state index in [1.165, 1.54) is 36.0 Å². The summed E-state index contributed by atoms with van der Waals surface area (Å²) in [7, 11) is 0. The molecule has 1 aromatic heterocycles. The van der Waals surface area contributed by atoms with Gasteiger partial charge in [0, 0.05) is 22.7 Å². The molecule has 0 saturated carbocycles. The first-order valence-electron chi connectivity index (χ1n) is 13.1. The molecule has 4 nitrogen and oxygen atoms in total. The van der Waals surface area contributed by atoms with Crippen molar-refractivity contribution >= 4 is 17.5 Å². The van der Waals surface area contributed by atoms with Gasteiger partial charge in [0.1, 0.15) is 0 Å². The van der Waals surface area contributed by atoms with Gasteiger partial charge in [-0.25, -0.2) is 0 Å². The monoisotopic (exact) mass is 491 g/mol. The standard InChI is InChI=1S/C30H38ClN3O/c1-5-22(6-2)10-9-21(4)18-32-30(35)28-27-15-13-24-17-25(31)14-16-26(24)29(27)34(33-28)19-23-11-7-20(3)8-12-23/h7-8,11-12,14,16-17,21-22H,5-6,9-10,13,15,18-19H2,1-4H3,(H,32,35). The molecule has 0 bridgehead atoms. The molecule has 0 saturated heterocycles. The minimum Gasteiger partial charge on any atom is -0.350 e. The van der Waals surface area contributed by atoms with E-state index in [0.29, 0.717) is 24.7 Å². The molecule has 1 N–H and O–H groups in total.